The average molecular weight is 268 g/mol. The lowest BCUT2D eigenvalue weighted by Crippen LogP contribution is -2.18. The molecule has 0 bridgehead atoms. The molecule has 0 radical (unpaired) electrons. The summed E-state index contributed by atoms with van der Waals surface area (Å²) in [7, 11) is 0. The zero-order valence-electron chi connectivity index (χ0n) is 10.7. The molecule has 0 spiro atoms. The first-order chi connectivity index (χ1) is 9.77. The fourth-order valence-electron chi connectivity index (χ4n) is 1.56. The molecule has 20 heavy (non-hydrogen) atoms. The molecule has 4 heteroatoms. The zero-order valence-corrected chi connectivity index (χ0v) is 10.7. The normalized spacial score (nSPS) is 11.1. The quantitative estimate of drug-likeness (QED) is 0.671. The lowest BCUT2D eigenvalue weighted by Gasteiger charge is -1.99. The number of amides is 1. The van der Waals surface area contributed by atoms with Crippen LogP contribution in [0.4, 0.5) is 4.39 Å². The van der Waals surface area contributed by atoms with E-state index in [9.17, 15) is 9.18 Å². The standard InChI is InChI=1S/C16H13FN2O/c17-15-11-5-4-10-14(15)16(20)19-18-12-6-9-13-7-2-1-3-8-13/h1-12H,(H,19,20)/b9-6+,18-12+. The maximum Gasteiger partial charge on any atom is 0.274 e. The Balaban J connectivity index is 1.89. The molecule has 0 aliphatic heterocycles. The molecule has 0 aliphatic rings. The summed E-state index contributed by atoms with van der Waals surface area (Å²) in [5.41, 5.74) is 3.26. The number of nitrogens with one attached hydrogen (secondary N) is 1. The second kappa shape index (κ2) is 6.99. The van der Waals surface area contributed by atoms with Crippen molar-refractivity contribution in [3.8, 4) is 0 Å². The van der Waals surface area contributed by atoms with Gasteiger partial charge in [0, 0.05) is 6.21 Å². The van der Waals surface area contributed by atoms with Gasteiger partial charge in [-0.15, -0.1) is 0 Å². The zero-order chi connectivity index (χ0) is 14.2. The number of hydrogen-bond acceptors (Lipinski definition) is 2. The van der Waals surface area contributed by atoms with Crippen LogP contribution in [0.3, 0.4) is 0 Å². The summed E-state index contributed by atoms with van der Waals surface area (Å²) in [6, 6.07) is 15.4. The van der Waals surface area contributed by atoms with Crippen LogP contribution < -0.4 is 5.43 Å². The predicted molar refractivity (Wildman–Crippen MR) is 77.8 cm³/mol. The summed E-state index contributed by atoms with van der Waals surface area (Å²) in [6.45, 7) is 0. The molecule has 0 unspecified atom stereocenters. The number of hydrazone groups is 1. The molecule has 0 saturated carbocycles. The molecule has 0 fully saturated rings. The third-order valence-corrected chi connectivity index (χ3v) is 2.53. The highest BCUT2D eigenvalue weighted by Gasteiger charge is 2.08. The molecule has 0 heterocycles. The van der Waals surface area contributed by atoms with Crippen molar-refractivity contribution in [3.63, 3.8) is 0 Å². The van der Waals surface area contributed by atoms with Gasteiger partial charge in [-0.2, -0.15) is 5.10 Å². The highest BCUT2D eigenvalue weighted by atomic mass is 19.1. The molecule has 1 N–H and O–H groups in total. The number of rotatable bonds is 4. The predicted octanol–water partition coefficient (Wildman–Crippen LogP) is 3.25. The van der Waals surface area contributed by atoms with Crippen LogP contribution >= 0.6 is 0 Å². The van der Waals surface area contributed by atoms with Gasteiger partial charge in [-0.3, -0.25) is 4.79 Å². The number of allylic oxidation sites excluding steroid dienone is 1. The minimum atomic E-state index is -0.576. The molecule has 2 aromatic carbocycles. The van der Waals surface area contributed by atoms with Crippen LogP contribution in [0.1, 0.15) is 15.9 Å². The highest BCUT2D eigenvalue weighted by Crippen LogP contribution is 2.05. The van der Waals surface area contributed by atoms with Crippen LogP contribution in [-0.4, -0.2) is 12.1 Å². The fraction of sp³-hybridized carbons (Fsp3) is 0. The highest BCUT2D eigenvalue weighted by molar-refractivity contribution is 5.94. The second-order valence-corrected chi connectivity index (χ2v) is 3.97. The molecule has 0 aliphatic carbocycles. The number of nitrogens with zero attached hydrogens (tertiary/aromatic N) is 1. The van der Waals surface area contributed by atoms with Gasteiger partial charge in [0.1, 0.15) is 5.82 Å². The molecule has 2 aromatic rings. The lowest BCUT2D eigenvalue weighted by molar-refractivity contribution is 0.0951. The van der Waals surface area contributed by atoms with Crippen LogP contribution in [0, 0.1) is 5.82 Å². The van der Waals surface area contributed by atoms with Gasteiger partial charge in [-0.05, 0) is 23.8 Å². The van der Waals surface area contributed by atoms with E-state index in [4.69, 9.17) is 0 Å². The lowest BCUT2D eigenvalue weighted by atomic mass is 10.2. The molecular weight excluding hydrogens is 255 g/mol. The van der Waals surface area contributed by atoms with E-state index in [-0.39, 0.29) is 5.56 Å². The Labute approximate surface area is 116 Å². The van der Waals surface area contributed by atoms with Crippen molar-refractivity contribution in [3.05, 3.63) is 77.6 Å². The smallest absolute Gasteiger partial charge is 0.267 e. The maximum absolute atomic E-state index is 13.3. The first kappa shape index (κ1) is 13.7. The monoisotopic (exact) mass is 268 g/mol. The van der Waals surface area contributed by atoms with Gasteiger partial charge in [0.25, 0.3) is 5.91 Å². The van der Waals surface area contributed by atoms with Gasteiger partial charge < -0.3 is 0 Å². The van der Waals surface area contributed by atoms with Crippen molar-refractivity contribution in [2.24, 2.45) is 5.10 Å². The van der Waals surface area contributed by atoms with Crippen LogP contribution in [0.2, 0.25) is 0 Å². The second-order valence-electron chi connectivity index (χ2n) is 3.97. The van der Waals surface area contributed by atoms with Gasteiger partial charge in [-0.25, -0.2) is 9.82 Å². The van der Waals surface area contributed by atoms with Crippen molar-refractivity contribution in [1.29, 1.82) is 0 Å². The third kappa shape index (κ3) is 3.88. The first-order valence-corrected chi connectivity index (χ1v) is 6.07. The first-order valence-electron chi connectivity index (χ1n) is 6.07. The molecule has 100 valence electrons. The molecule has 3 nitrogen and oxygen atoms in total. The molecule has 0 atom stereocenters. The van der Waals surface area contributed by atoms with Crippen molar-refractivity contribution in [2.45, 2.75) is 0 Å². The van der Waals surface area contributed by atoms with Crippen LogP contribution in [0.25, 0.3) is 6.08 Å². The van der Waals surface area contributed by atoms with Crippen molar-refractivity contribution in [2.75, 3.05) is 0 Å². The average Bonchev–Trinajstić information content (AvgIpc) is 2.48. The largest absolute Gasteiger partial charge is 0.274 e. The minimum Gasteiger partial charge on any atom is -0.267 e. The number of carbonyl (C=O) groups is 1. The Hall–Kier alpha value is -2.75. The Morgan fingerprint density at radius 1 is 1.05 bits per heavy atom. The van der Waals surface area contributed by atoms with E-state index in [1.807, 2.05) is 36.4 Å². The van der Waals surface area contributed by atoms with Crippen LogP contribution in [0.15, 0.2) is 65.8 Å². The summed E-state index contributed by atoms with van der Waals surface area (Å²) in [6.07, 6.45) is 4.97. The Morgan fingerprint density at radius 2 is 1.75 bits per heavy atom. The fourth-order valence-corrected chi connectivity index (χ4v) is 1.56. The van der Waals surface area contributed by atoms with Gasteiger partial charge >= 0.3 is 0 Å². The molecule has 1 amide bonds. The van der Waals surface area contributed by atoms with E-state index in [1.54, 1.807) is 12.1 Å². The van der Waals surface area contributed by atoms with E-state index in [0.717, 1.165) is 5.56 Å². The SMILES string of the molecule is O=C(N/N=C/C=C/c1ccccc1)c1ccccc1F. The maximum atomic E-state index is 13.3. The van der Waals surface area contributed by atoms with E-state index in [0.29, 0.717) is 0 Å². The summed E-state index contributed by atoms with van der Waals surface area (Å²) >= 11 is 0. The topological polar surface area (TPSA) is 41.5 Å². The Bertz CT molecular complexity index is 636. The van der Waals surface area contributed by atoms with Gasteiger partial charge in [0.05, 0.1) is 5.56 Å². The summed E-state index contributed by atoms with van der Waals surface area (Å²) in [4.78, 5) is 11.6. The van der Waals surface area contributed by atoms with E-state index < -0.39 is 11.7 Å². The van der Waals surface area contributed by atoms with Gasteiger partial charge in [0.2, 0.25) is 0 Å². The minimum absolute atomic E-state index is 0.0308. The Kier molecular flexibility index (Phi) is 4.78. The van der Waals surface area contributed by atoms with Gasteiger partial charge in [0.15, 0.2) is 0 Å². The molecule has 0 aromatic heterocycles. The number of benzene rings is 2. The summed E-state index contributed by atoms with van der Waals surface area (Å²) in [5, 5.41) is 3.73. The summed E-state index contributed by atoms with van der Waals surface area (Å²) < 4.78 is 13.3. The molecular formula is C16H13FN2O. The number of hydrogen-bond donors (Lipinski definition) is 1. The third-order valence-electron chi connectivity index (χ3n) is 2.53. The van der Waals surface area contributed by atoms with E-state index in [2.05, 4.69) is 10.5 Å². The number of carbonyl (C=O) groups excluding carboxylic acids is 1. The van der Waals surface area contributed by atoms with Crippen LogP contribution in [-0.2, 0) is 0 Å². The number of halogens is 1. The van der Waals surface area contributed by atoms with Crippen molar-refractivity contribution in [1.82, 2.24) is 5.43 Å². The van der Waals surface area contributed by atoms with Crippen LogP contribution in [0.5, 0.6) is 0 Å². The molecule has 2 rings (SSSR count). The Morgan fingerprint density at radius 3 is 2.50 bits per heavy atom. The van der Waals surface area contributed by atoms with E-state index >= 15 is 0 Å². The van der Waals surface area contributed by atoms with E-state index in [1.165, 1.54) is 24.4 Å². The van der Waals surface area contributed by atoms with Crippen molar-refractivity contribution < 1.29 is 9.18 Å². The van der Waals surface area contributed by atoms with Gasteiger partial charge in [-0.1, -0.05) is 48.5 Å². The van der Waals surface area contributed by atoms with Crippen molar-refractivity contribution >= 4 is 18.2 Å². The summed E-state index contributed by atoms with van der Waals surface area (Å²) in [5.74, 6) is -1.15. The molecule has 0 saturated heterocycles.